The zero-order chi connectivity index (χ0) is 42.8. The van der Waals surface area contributed by atoms with Crippen LogP contribution in [0.4, 0.5) is 10.3 Å². The Balaban J connectivity index is 0.000000181. The third kappa shape index (κ3) is 7.45. The van der Waals surface area contributed by atoms with Gasteiger partial charge in [0.1, 0.15) is 12.1 Å². The fourth-order valence-corrected chi connectivity index (χ4v) is 10.5. The smallest absolute Gasteiger partial charge is 0.258 e. The van der Waals surface area contributed by atoms with Crippen LogP contribution in [0, 0.1) is 23.7 Å². The van der Waals surface area contributed by atoms with Crippen molar-refractivity contribution in [3.05, 3.63) is 103 Å². The number of fused-ring (bicyclic) bond motifs is 6. The van der Waals surface area contributed by atoms with E-state index >= 15 is 0 Å². The minimum Gasteiger partial charge on any atom is -0.396 e. The Morgan fingerprint density at radius 2 is 1.10 bits per heavy atom. The number of thiazole rings is 2. The second-order valence-corrected chi connectivity index (χ2v) is 16.8. The second kappa shape index (κ2) is 18.0. The lowest BCUT2D eigenvalue weighted by Gasteiger charge is -2.30. The van der Waals surface area contributed by atoms with Crippen molar-refractivity contribution < 1.29 is 29.4 Å². The van der Waals surface area contributed by atoms with Crippen molar-refractivity contribution in [1.29, 1.82) is 0 Å². The number of aliphatic hydroxyl groups excluding tert-OH is 2. The third-order valence-corrected chi connectivity index (χ3v) is 13.3. The molecule has 0 aromatic carbocycles. The number of hydrogen-bond acceptors (Lipinski definition) is 12. The van der Waals surface area contributed by atoms with Gasteiger partial charge in [-0.15, -0.1) is 22.7 Å². The molecule has 18 heteroatoms. The summed E-state index contributed by atoms with van der Waals surface area (Å²) in [5.41, 5.74) is 2.33. The summed E-state index contributed by atoms with van der Waals surface area (Å²) in [6.45, 7) is 7.41. The second-order valence-electron chi connectivity index (χ2n) is 15.0. The summed E-state index contributed by atoms with van der Waals surface area (Å²) in [7, 11) is 0. The van der Waals surface area contributed by atoms with E-state index in [9.17, 15) is 39.0 Å². The van der Waals surface area contributed by atoms with Gasteiger partial charge in [0.2, 0.25) is 23.6 Å². The van der Waals surface area contributed by atoms with Gasteiger partial charge in [-0.25, -0.2) is 9.97 Å². The van der Waals surface area contributed by atoms with Gasteiger partial charge in [0.25, 0.3) is 11.1 Å². The van der Waals surface area contributed by atoms with E-state index in [0.29, 0.717) is 45.9 Å². The lowest BCUT2D eigenvalue weighted by Crippen LogP contribution is -2.48. The van der Waals surface area contributed by atoms with Gasteiger partial charge < -0.3 is 39.8 Å². The van der Waals surface area contributed by atoms with E-state index < -0.39 is 36.0 Å². The monoisotopic (exact) mass is 856 g/mol. The zero-order valence-electron chi connectivity index (χ0n) is 33.6. The average molecular weight is 857 g/mol. The van der Waals surface area contributed by atoms with Crippen LogP contribution in [0.25, 0.3) is 12.2 Å². The Morgan fingerprint density at radius 3 is 1.42 bits per heavy atom. The van der Waals surface area contributed by atoms with Crippen LogP contribution in [0.3, 0.4) is 0 Å². The van der Waals surface area contributed by atoms with E-state index in [1.54, 1.807) is 80.2 Å². The summed E-state index contributed by atoms with van der Waals surface area (Å²) in [4.78, 5) is 89.3. The van der Waals surface area contributed by atoms with Crippen LogP contribution in [0.15, 0.2) is 69.2 Å². The highest BCUT2D eigenvalue weighted by molar-refractivity contribution is 7.14. The van der Waals surface area contributed by atoms with Gasteiger partial charge in [-0.05, 0) is 38.1 Å². The molecular weight excluding hydrogens is 809 g/mol. The molecule has 4 amide bonds. The van der Waals surface area contributed by atoms with Gasteiger partial charge in [-0.2, -0.15) is 0 Å². The molecule has 4 aliphatic rings. The highest BCUT2D eigenvalue weighted by Crippen LogP contribution is 2.51. The molecule has 0 bridgehead atoms. The van der Waals surface area contributed by atoms with E-state index in [1.165, 1.54) is 22.7 Å². The van der Waals surface area contributed by atoms with Gasteiger partial charge in [0, 0.05) is 108 Å². The molecule has 60 heavy (non-hydrogen) atoms. The first-order valence-electron chi connectivity index (χ1n) is 20.0. The molecule has 4 aliphatic heterocycles. The molecule has 16 nitrogen and oxygen atoms in total. The van der Waals surface area contributed by atoms with Crippen LogP contribution < -0.4 is 21.8 Å². The Hall–Kier alpha value is -5.56. The number of nitrogens with zero attached hydrogens (tertiary/aromatic N) is 6. The number of anilines is 2. The lowest BCUT2D eigenvalue weighted by atomic mass is 9.88. The number of pyridine rings is 2. The predicted molar refractivity (Wildman–Crippen MR) is 228 cm³/mol. The van der Waals surface area contributed by atoms with Gasteiger partial charge in [-0.1, -0.05) is 38.2 Å². The van der Waals surface area contributed by atoms with E-state index in [2.05, 4.69) is 20.6 Å². The first-order chi connectivity index (χ1) is 29.0. The highest BCUT2D eigenvalue weighted by Gasteiger charge is 2.58. The van der Waals surface area contributed by atoms with Crippen molar-refractivity contribution in [2.75, 3.05) is 23.8 Å². The maximum absolute atomic E-state index is 13.1. The topological polar surface area (TPSA) is 209 Å². The molecule has 316 valence electrons. The quantitative estimate of drug-likeness (QED) is 0.182. The van der Waals surface area contributed by atoms with Crippen LogP contribution in [-0.2, 0) is 32.3 Å². The normalized spacial score (nSPS) is 24.8. The number of aliphatic hydroxyl groups is 2. The fourth-order valence-electron chi connectivity index (χ4n) is 9.48. The molecule has 0 radical (unpaired) electrons. The molecule has 4 N–H and O–H groups in total. The Bertz CT molecular complexity index is 2260. The van der Waals surface area contributed by atoms with Gasteiger partial charge in [0.05, 0.1) is 12.1 Å². The Labute approximate surface area is 353 Å². The summed E-state index contributed by atoms with van der Waals surface area (Å²) in [5, 5.41) is 30.3. The van der Waals surface area contributed by atoms with E-state index in [4.69, 9.17) is 0 Å². The third-order valence-electron chi connectivity index (χ3n) is 11.9. The SMILES string of the molecule is C/C=C/c1ccc2n(c1=O)C[C@H]1[C@H](CO)[C@@H](C(=O)Nc3nccs3)N(C(=O)CC)[C@@H]21.C/C=C\c1ccc2n(c1=O)C[C@H]1[C@H](CO)[C@@H](C(=O)Nc3nccs3)N(C(=O)CC)[C@@H]21. The van der Waals surface area contributed by atoms with Crippen molar-refractivity contribution >= 4 is 68.7 Å². The van der Waals surface area contributed by atoms with Crippen molar-refractivity contribution in [1.82, 2.24) is 28.9 Å². The number of aromatic nitrogens is 4. The van der Waals surface area contributed by atoms with Gasteiger partial charge in [0.15, 0.2) is 10.3 Å². The molecule has 8 atom stereocenters. The average Bonchev–Trinajstić information content (AvgIpc) is 4.11. The maximum atomic E-state index is 13.1. The predicted octanol–water partition coefficient (Wildman–Crippen LogP) is 3.75. The Morgan fingerprint density at radius 1 is 0.700 bits per heavy atom. The molecular formula is C42H48N8O8S2. The van der Waals surface area contributed by atoms with E-state index in [0.717, 1.165) is 0 Å². The molecule has 2 fully saturated rings. The minimum absolute atomic E-state index is 0.121. The first kappa shape index (κ1) is 42.6. The summed E-state index contributed by atoms with van der Waals surface area (Å²) in [5.74, 6) is -2.47. The van der Waals surface area contributed by atoms with Crippen LogP contribution in [-0.4, -0.2) is 88.0 Å². The molecule has 0 aliphatic carbocycles. The molecule has 0 spiro atoms. The van der Waals surface area contributed by atoms with Crippen LogP contribution in [0.2, 0.25) is 0 Å². The molecule has 4 aromatic heterocycles. The van der Waals surface area contributed by atoms with E-state index in [1.807, 2.05) is 38.1 Å². The summed E-state index contributed by atoms with van der Waals surface area (Å²) in [6, 6.07) is 4.73. The molecule has 0 saturated carbocycles. The number of carbonyl (C=O) groups is 4. The number of nitrogens with one attached hydrogen (secondary N) is 2. The largest absolute Gasteiger partial charge is 0.396 e. The molecule has 0 unspecified atom stereocenters. The number of hydrogen-bond donors (Lipinski definition) is 4. The standard InChI is InChI=1S/2C21H24N4O4S/c2*1-3-5-12-6-7-15-17-13(10-24(15)20(12)29)14(11-26)18(25(17)16(27)4-2)19(28)23-21-22-8-9-30-21/h2*3,5-9,13-14,17-18,26H,4,10-11H2,1-2H3,(H,22,23,28)/b5-3+;5-3-/t2*13-,14-,17+,18-/m00/s1. The molecule has 8 rings (SSSR count). The molecule has 8 heterocycles. The number of amides is 4. The summed E-state index contributed by atoms with van der Waals surface area (Å²) < 4.78 is 3.36. The van der Waals surface area contributed by atoms with Gasteiger partial charge in [-0.3, -0.25) is 28.8 Å². The van der Waals surface area contributed by atoms with Crippen molar-refractivity contribution in [3.8, 4) is 0 Å². The minimum atomic E-state index is -0.819. The number of carbonyl (C=O) groups excluding carboxylic acids is 4. The van der Waals surface area contributed by atoms with Crippen LogP contribution >= 0.6 is 22.7 Å². The zero-order valence-corrected chi connectivity index (χ0v) is 35.3. The fraction of sp³-hybridized carbons (Fsp3) is 0.429. The first-order valence-corrected chi connectivity index (χ1v) is 21.8. The van der Waals surface area contributed by atoms with Crippen molar-refractivity contribution in [2.45, 2.75) is 77.8 Å². The highest BCUT2D eigenvalue weighted by atomic mass is 32.1. The van der Waals surface area contributed by atoms with Gasteiger partial charge >= 0.3 is 0 Å². The van der Waals surface area contributed by atoms with Crippen LogP contribution in [0.1, 0.15) is 75.1 Å². The molecule has 2 saturated heterocycles. The Kier molecular flexibility index (Phi) is 12.7. The maximum Gasteiger partial charge on any atom is 0.258 e. The van der Waals surface area contributed by atoms with Crippen LogP contribution in [0.5, 0.6) is 0 Å². The number of likely N-dealkylation sites (tertiary alicyclic amines) is 2. The summed E-state index contributed by atoms with van der Waals surface area (Å²) in [6.07, 6.45) is 10.8. The summed E-state index contributed by atoms with van der Waals surface area (Å²) >= 11 is 2.58. The van der Waals surface area contributed by atoms with Crippen molar-refractivity contribution in [3.63, 3.8) is 0 Å². The number of rotatable bonds is 10. The molecule has 4 aromatic rings. The lowest BCUT2D eigenvalue weighted by molar-refractivity contribution is -0.139. The van der Waals surface area contributed by atoms with Crippen molar-refractivity contribution in [2.24, 2.45) is 23.7 Å². The number of allylic oxidation sites excluding steroid dienone is 2. The van der Waals surface area contributed by atoms with E-state index in [-0.39, 0.29) is 72.6 Å².